The summed E-state index contributed by atoms with van der Waals surface area (Å²) < 4.78 is 39.5. The fraction of sp³-hybridized carbons (Fsp3) is 0.233. The smallest absolute Gasteiger partial charge is 0.368 e. The number of H-pyrrole nitrogens is 1. The minimum absolute atomic E-state index is 0.0238. The molecule has 2 N–H and O–H groups in total. The van der Waals surface area contributed by atoms with E-state index in [4.69, 9.17) is 16.6 Å². The Balaban J connectivity index is 1.28. The number of carbonyl (C=O) groups is 1. The van der Waals surface area contributed by atoms with Gasteiger partial charge in [0.15, 0.2) is 0 Å². The van der Waals surface area contributed by atoms with Gasteiger partial charge in [-0.25, -0.2) is 4.79 Å². The molecule has 1 aliphatic carbocycles. The third kappa shape index (κ3) is 6.07. The number of aryl methyl sites for hydroxylation is 1. The van der Waals surface area contributed by atoms with Gasteiger partial charge in [0.05, 0.1) is 27.5 Å². The molecule has 2 aromatic rings. The second kappa shape index (κ2) is 11.3. The van der Waals surface area contributed by atoms with Crippen LogP contribution in [-0.2, 0) is 6.18 Å². The average molecular weight is 582 g/mol. The van der Waals surface area contributed by atoms with Crippen molar-refractivity contribution in [3.8, 4) is 11.3 Å². The highest BCUT2D eigenvalue weighted by Crippen LogP contribution is 2.36. The molecule has 0 unspecified atom stereocenters. The number of fused-ring (bicyclic) bond motifs is 1. The molecular weight excluding hydrogens is 555 g/mol. The molecule has 2 aliphatic heterocycles. The van der Waals surface area contributed by atoms with Crippen LogP contribution >= 0.6 is 11.6 Å². The van der Waals surface area contributed by atoms with Crippen molar-refractivity contribution < 1.29 is 18.0 Å². The molecule has 212 valence electrons. The Labute approximate surface area is 239 Å². The fourth-order valence-corrected chi connectivity index (χ4v) is 5.11. The molecular formula is C30H27ClF3N5O2. The standard InChI is InChI=1S/C30H27ClF3N5O2/c1-18-8-10-21(17-26(18)35-19(2)27-22-6-4-3-5-7-25(22)37-28(27)40)38-12-14-39(15-13-38)29(41)36-20-9-11-24(31)23(16-20)30(32,33)34/h3-11,16-17H,12-15H2,1-2H3,(H,36,41)(H,37,40)/b35-19+. The lowest BCUT2D eigenvalue weighted by Crippen LogP contribution is -2.50. The average Bonchev–Trinajstić information content (AvgIpc) is 3.08. The summed E-state index contributed by atoms with van der Waals surface area (Å²) in [5, 5.41) is 2.11. The molecule has 0 spiro atoms. The van der Waals surface area contributed by atoms with Crippen LogP contribution in [0.15, 0.2) is 76.5 Å². The van der Waals surface area contributed by atoms with Crippen molar-refractivity contribution in [2.75, 3.05) is 36.4 Å². The Bertz CT molecular complexity index is 1660. The number of urea groups is 1. The van der Waals surface area contributed by atoms with Gasteiger partial charge in [-0.05, 0) is 55.8 Å². The van der Waals surface area contributed by atoms with E-state index in [1.807, 2.05) is 62.4 Å². The zero-order chi connectivity index (χ0) is 29.3. The lowest BCUT2D eigenvalue weighted by Gasteiger charge is -2.36. The van der Waals surface area contributed by atoms with E-state index < -0.39 is 22.8 Å². The summed E-state index contributed by atoms with van der Waals surface area (Å²) in [6.45, 7) is 5.57. The molecule has 3 aliphatic rings. The quantitative estimate of drug-likeness (QED) is 0.256. The lowest BCUT2D eigenvalue weighted by atomic mass is 10.1. The number of benzene rings is 2. The van der Waals surface area contributed by atoms with E-state index in [-0.39, 0.29) is 11.2 Å². The second-order valence-electron chi connectivity index (χ2n) is 9.83. The van der Waals surface area contributed by atoms with Crippen LogP contribution in [0.5, 0.6) is 0 Å². The Morgan fingerprint density at radius 3 is 2.46 bits per heavy atom. The highest BCUT2D eigenvalue weighted by molar-refractivity contribution is 6.31. The number of amides is 2. The molecule has 2 amide bonds. The minimum Gasteiger partial charge on any atom is -0.368 e. The molecule has 0 radical (unpaired) electrons. The largest absolute Gasteiger partial charge is 0.417 e. The van der Waals surface area contributed by atoms with Crippen molar-refractivity contribution in [3.63, 3.8) is 0 Å². The number of anilines is 2. The van der Waals surface area contributed by atoms with Gasteiger partial charge in [-0.3, -0.25) is 9.79 Å². The first-order valence-corrected chi connectivity index (χ1v) is 13.3. The number of nitrogens with zero attached hydrogens (tertiary/aromatic N) is 3. The van der Waals surface area contributed by atoms with Crippen LogP contribution in [0, 0.1) is 6.92 Å². The zero-order valence-corrected chi connectivity index (χ0v) is 23.1. The van der Waals surface area contributed by atoms with E-state index in [1.54, 1.807) is 4.90 Å². The maximum absolute atomic E-state index is 13.2. The van der Waals surface area contributed by atoms with Gasteiger partial charge in [0, 0.05) is 48.8 Å². The van der Waals surface area contributed by atoms with Gasteiger partial charge >= 0.3 is 12.2 Å². The van der Waals surface area contributed by atoms with Crippen molar-refractivity contribution in [2.45, 2.75) is 20.0 Å². The van der Waals surface area contributed by atoms with Crippen molar-refractivity contribution in [2.24, 2.45) is 4.99 Å². The second-order valence-corrected chi connectivity index (χ2v) is 10.2. The number of rotatable bonds is 4. The molecule has 11 heteroatoms. The first-order chi connectivity index (χ1) is 19.5. The van der Waals surface area contributed by atoms with Gasteiger partial charge in [0.2, 0.25) is 0 Å². The van der Waals surface area contributed by atoms with E-state index in [0.717, 1.165) is 40.3 Å². The van der Waals surface area contributed by atoms with Gasteiger partial charge in [-0.1, -0.05) is 41.9 Å². The van der Waals surface area contributed by atoms with Crippen LogP contribution in [0.25, 0.3) is 11.3 Å². The van der Waals surface area contributed by atoms with Gasteiger partial charge in [0.1, 0.15) is 0 Å². The number of halogens is 4. The number of alkyl halides is 3. The predicted octanol–water partition coefficient (Wildman–Crippen LogP) is 6.96. The number of aromatic amines is 1. The molecule has 5 rings (SSSR count). The first-order valence-electron chi connectivity index (χ1n) is 13.0. The third-order valence-corrected chi connectivity index (χ3v) is 7.41. The number of nitrogens with one attached hydrogen (secondary N) is 2. The van der Waals surface area contributed by atoms with Crippen LogP contribution in [0.4, 0.5) is 35.0 Å². The monoisotopic (exact) mass is 581 g/mol. The van der Waals surface area contributed by atoms with Crippen LogP contribution in [0.3, 0.4) is 0 Å². The molecule has 0 atom stereocenters. The normalized spacial score (nSPS) is 14.4. The molecule has 2 aromatic carbocycles. The van der Waals surface area contributed by atoms with Crippen LogP contribution in [0.2, 0.25) is 5.02 Å². The van der Waals surface area contributed by atoms with E-state index in [9.17, 15) is 22.8 Å². The molecule has 1 saturated heterocycles. The molecule has 2 heterocycles. The number of aromatic nitrogens is 1. The maximum Gasteiger partial charge on any atom is 0.417 e. The van der Waals surface area contributed by atoms with E-state index >= 15 is 0 Å². The van der Waals surface area contributed by atoms with Gasteiger partial charge in [0.25, 0.3) is 5.56 Å². The van der Waals surface area contributed by atoms with Gasteiger partial charge in [-0.15, -0.1) is 0 Å². The number of piperazine rings is 1. The zero-order valence-electron chi connectivity index (χ0n) is 22.3. The summed E-state index contributed by atoms with van der Waals surface area (Å²) in [6.07, 6.45) is -4.62. The van der Waals surface area contributed by atoms with Gasteiger partial charge in [-0.2, -0.15) is 13.2 Å². The summed E-state index contributed by atoms with van der Waals surface area (Å²) in [6, 6.07) is 18.1. The molecule has 41 heavy (non-hydrogen) atoms. The Morgan fingerprint density at radius 2 is 1.73 bits per heavy atom. The molecule has 1 fully saturated rings. The summed E-state index contributed by atoms with van der Waals surface area (Å²) in [4.78, 5) is 36.9. The number of hydrogen-bond acceptors (Lipinski definition) is 4. The van der Waals surface area contributed by atoms with Crippen molar-refractivity contribution >= 4 is 40.4 Å². The van der Waals surface area contributed by atoms with E-state index in [0.29, 0.717) is 37.5 Å². The Hall–Kier alpha value is -4.31. The van der Waals surface area contributed by atoms with Crippen molar-refractivity contribution in [1.29, 1.82) is 0 Å². The molecule has 0 aromatic heterocycles. The summed E-state index contributed by atoms with van der Waals surface area (Å²) in [7, 11) is 0. The number of aliphatic imine (C=N–C) groups is 1. The Morgan fingerprint density at radius 1 is 1.00 bits per heavy atom. The van der Waals surface area contributed by atoms with Gasteiger partial charge < -0.3 is 20.1 Å². The van der Waals surface area contributed by atoms with Crippen LogP contribution in [-0.4, -0.2) is 47.8 Å². The lowest BCUT2D eigenvalue weighted by molar-refractivity contribution is -0.137. The SMILES string of the molecule is C/C(=N\c1cc(N2CCN(C(=O)Nc3ccc(Cl)c(C(F)(F)F)c3)CC2)ccc1C)c1c2cccccc-2[nH]c1=O. The Kier molecular flexibility index (Phi) is 7.77. The van der Waals surface area contributed by atoms with Crippen LogP contribution < -0.4 is 15.8 Å². The fourth-order valence-electron chi connectivity index (χ4n) is 4.88. The van der Waals surface area contributed by atoms with Crippen molar-refractivity contribution in [3.05, 3.63) is 98.8 Å². The minimum atomic E-state index is -4.62. The number of hydrogen-bond donors (Lipinski definition) is 2. The molecule has 0 bridgehead atoms. The first kappa shape index (κ1) is 28.2. The third-order valence-electron chi connectivity index (χ3n) is 7.08. The number of carbonyl (C=O) groups excluding carboxylic acids is 1. The van der Waals surface area contributed by atoms with Crippen LogP contribution in [0.1, 0.15) is 23.6 Å². The maximum atomic E-state index is 13.2. The summed E-state index contributed by atoms with van der Waals surface area (Å²) >= 11 is 5.68. The summed E-state index contributed by atoms with van der Waals surface area (Å²) in [5.41, 5.74) is 4.12. The van der Waals surface area contributed by atoms with Crippen molar-refractivity contribution in [1.82, 2.24) is 9.88 Å². The molecule has 7 nitrogen and oxygen atoms in total. The van der Waals surface area contributed by atoms with E-state index in [1.165, 1.54) is 6.07 Å². The topological polar surface area (TPSA) is 80.8 Å². The highest BCUT2D eigenvalue weighted by atomic mass is 35.5. The van der Waals surface area contributed by atoms with E-state index in [2.05, 4.69) is 15.2 Å². The highest BCUT2D eigenvalue weighted by Gasteiger charge is 2.33. The molecule has 0 saturated carbocycles. The summed E-state index contributed by atoms with van der Waals surface area (Å²) in [5.74, 6) is 0. The predicted molar refractivity (Wildman–Crippen MR) is 156 cm³/mol.